The first-order valence-corrected chi connectivity index (χ1v) is 11.7. The zero-order valence-corrected chi connectivity index (χ0v) is 19.0. The van der Waals surface area contributed by atoms with Crippen molar-refractivity contribution in [2.24, 2.45) is 17.8 Å². The lowest BCUT2D eigenvalue weighted by Crippen LogP contribution is -2.37. The van der Waals surface area contributed by atoms with Crippen molar-refractivity contribution in [3.8, 4) is 11.1 Å². The highest BCUT2D eigenvalue weighted by atomic mass is 16.5. The third kappa shape index (κ3) is 4.06. The van der Waals surface area contributed by atoms with Crippen LogP contribution >= 0.6 is 0 Å². The minimum atomic E-state index is -0.862. The maximum Gasteiger partial charge on any atom is 0.407 e. The van der Waals surface area contributed by atoms with E-state index in [1.807, 2.05) is 37.3 Å². The fraction of sp³-hybridized carbons (Fsp3) is 0.370. The Balaban J connectivity index is 1.15. The number of hydrogen-bond donors (Lipinski definition) is 2. The molecule has 7 heteroatoms. The van der Waals surface area contributed by atoms with E-state index < -0.39 is 18.0 Å². The van der Waals surface area contributed by atoms with E-state index in [0.29, 0.717) is 13.0 Å². The van der Waals surface area contributed by atoms with E-state index in [4.69, 9.17) is 4.74 Å². The first-order chi connectivity index (χ1) is 16.4. The van der Waals surface area contributed by atoms with Crippen LogP contribution < -0.4 is 5.32 Å². The predicted molar refractivity (Wildman–Crippen MR) is 126 cm³/mol. The second-order valence-electron chi connectivity index (χ2n) is 9.47. The number of carboxylic acids is 1. The van der Waals surface area contributed by atoms with Gasteiger partial charge in [0.05, 0.1) is 17.9 Å². The molecule has 4 unspecified atom stereocenters. The SMILES string of the molecule is CC1CN(C(=O)C2C=CC(NC(=O)OCC3c4ccccc4-c4ccccc43)C2)CC1C(=O)O. The Morgan fingerprint density at radius 2 is 1.65 bits per heavy atom. The lowest BCUT2D eigenvalue weighted by molar-refractivity contribution is -0.142. The third-order valence-electron chi connectivity index (χ3n) is 7.29. The number of amides is 2. The molecule has 34 heavy (non-hydrogen) atoms. The number of benzene rings is 2. The van der Waals surface area contributed by atoms with E-state index >= 15 is 0 Å². The summed E-state index contributed by atoms with van der Waals surface area (Å²) in [6, 6.07) is 16.1. The third-order valence-corrected chi connectivity index (χ3v) is 7.29. The molecule has 1 fully saturated rings. The van der Waals surface area contributed by atoms with Crippen LogP contribution in [0.4, 0.5) is 4.79 Å². The molecule has 2 aliphatic carbocycles. The second-order valence-corrected chi connectivity index (χ2v) is 9.47. The molecule has 2 N–H and O–H groups in total. The number of fused-ring (bicyclic) bond motifs is 3. The molecule has 2 aromatic rings. The summed E-state index contributed by atoms with van der Waals surface area (Å²) in [7, 11) is 0. The number of nitrogens with one attached hydrogen (secondary N) is 1. The highest BCUT2D eigenvalue weighted by molar-refractivity contribution is 5.83. The summed E-state index contributed by atoms with van der Waals surface area (Å²) >= 11 is 0. The molecule has 0 radical (unpaired) electrons. The van der Waals surface area contributed by atoms with E-state index in [2.05, 4.69) is 29.6 Å². The van der Waals surface area contributed by atoms with Crippen molar-refractivity contribution >= 4 is 18.0 Å². The van der Waals surface area contributed by atoms with Crippen LogP contribution in [-0.2, 0) is 14.3 Å². The molecule has 1 aliphatic heterocycles. The predicted octanol–water partition coefficient (Wildman–Crippen LogP) is 3.65. The molecule has 5 rings (SSSR count). The second kappa shape index (κ2) is 8.97. The first kappa shape index (κ1) is 22.2. The number of hydrogen-bond acceptors (Lipinski definition) is 4. The molecule has 0 aromatic heterocycles. The molecule has 0 saturated carbocycles. The quantitative estimate of drug-likeness (QED) is 0.664. The molecule has 2 amide bonds. The van der Waals surface area contributed by atoms with Gasteiger partial charge in [0, 0.05) is 19.0 Å². The normalized spacial score (nSPS) is 25.1. The lowest BCUT2D eigenvalue weighted by Gasteiger charge is -2.21. The smallest absolute Gasteiger partial charge is 0.407 e. The number of likely N-dealkylation sites (tertiary alicyclic amines) is 1. The van der Waals surface area contributed by atoms with Crippen molar-refractivity contribution in [1.29, 1.82) is 0 Å². The highest BCUT2D eigenvalue weighted by Gasteiger charge is 2.39. The molecule has 3 aliphatic rings. The monoisotopic (exact) mass is 460 g/mol. The fourth-order valence-electron chi connectivity index (χ4n) is 5.48. The average Bonchev–Trinajstić information content (AvgIpc) is 3.53. The minimum Gasteiger partial charge on any atom is -0.481 e. The van der Waals surface area contributed by atoms with Gasteiger partial charge in [-0.25, -0.2) is 4.79 Å². The topological polar surface area (TPSA) is 95.9 Å². The summed E-state index contributed by atoms with van der Waals surface area (Å²) in [4.78, 5) is 38.4. The van der Waals surface area contributed by atoms with Gasteiger partial charge in [0.15, 0.2) is 0 Å². The van der Waals surface area contributed by atoms with Gasteiger partial charge in [0.2, 0.25) is 5.91 Å². The number of ether oxygens (including phenoxy) is 1. The fourth-order valence-corrected chi connectivity index (χ4v) is 5.48. The lowest BCUT2D eigenvalue weighted by atomic mass is 9.98. The van der Waals surface area contributed by atoms with Crippen molar-refractivity contribution < 1.29 is 24.2 Å². The molecule has 4 atom stereocenters. The van der Waals surface area contributed by atoms with Gasteiger partial charge in [-0.05, 0) is 34.6 Å². The van der Waals surface area contributed by atoms with Crippen LogP contribution in [0, 0.1) is 17.8 Å². The van der Waals surface area contributed by atoms with Crippen molar-refractivity contribution in [2.45, 2.75) is 25.3 Å². The zero-order chi connectivity index (χ0) is 23.8. The summed E-state index contributed by atoms with van der Waals surface area (Å²) in [5, 5.41) is 12.2. The van der Waals surface area contributed by atoms with Gasteiger partial charge in [0.25, 0.3) is 0 Å². The minimum absolute atomic E-state index is 0.00839. The first-order valence-electron chi connectivity index (χ1n) is 11.7. The van der Waals surface area contributed by atoms with E-state index in [9.17, 15) is 19.5 Å². The van der Waals surface area contributed by atoms with Crippen LogP contribution in [0.2, 0.25) is 0 Å². The van der Waals surface area contributed by atoms with Crippen LogP contribution in [0.3, 0.4) is 0 Å². The number of nitrogens with zero attached hydrogens (tertiary/aromatic N) is 1. The van der Waals surface area contributed by atoms with Crippen molar-refractivity contribution in [3.05, 3.63) is 71.8 Å². The number of carbonyl (C=O) groups excluding carboxylic acids is 2. The Bertz CT molecular complexity index is 1110. The maximum atomic E-state index is 12.9. The van der Waals surface area contributed by atoms with Gasteiger partial charge in [0.1, 0.15) is 6.61 Å². The maximum absolute atomic E-state index is 12.9. The van der Waals surface area contributed by atoms with Gasteiger partial charge < -0.3 is 20.1 Å². The summed E-state index contributed by atoms with van der Waals surface area (Å²) < 4.78 is 5.61. The Morgan fingerprint density at radius 3 is 2.26 bits per heavy atom. The van der Waals surface area contributed by atoms with Gasteiger partial charge in [-0.15, -0.1) is 0 Å². The molecule has 0 bridgehead atoms. The number of alkyl carbamates (subject to hydrolysis) is 1. The average molecular weight is 461 g/mol. The Kier molecular flexibility index (Phi) is 5.86. The number of carboxylic acid groups (broad SMARTS) is 1. The summed E-state index contributed by atoms with van der Waals surface area (Å²) in [6.07, 6.45) is 3.56. The largest absolute Gasteiger partial charge is 0.481 e. The van der Waals surface area contributed by atoms with Crippen molar-refractivity contribution in [1.82, 2.24) is 10.2 Å². The summed E-state index contributed by atoms with van der Waals surface area (Å²) in [6.45, 7) is 2.79. The molecular formula is C27H28N2O5. The number of carbonyl (C=O) groups is 3. The van der Waals surface area contributed by atoms with E-state index in [1.54, 1.807) is 11.0 Å². The standard InChI is InChI=1S/C27H28N2O5/c1-16-13-29(14-23(16)26(31)32)25(30)17-10-11-18(12-17)28-27(33)34-15-24-21-8-4-2-6-19(21)20-7-3-5-9-22(20)24/h2-11,16-18,23-24H,12-15H2,1H3,(H,28,33)(H,31,32). The molecule has 0 spiro atoms. The number of rotatable bonds is 5. The molecule has 2 aromatic carbocycles. The van der Waals surface area contributed by atoms with Crippen LogP contribution in [0.5, 0.6) is 0 Å². The Labute approximate surface area is 198 Å². The molecule has 1 heterocycles. The zero-order valence-electron chi connectivity index (χ0n) is 19.0. The van der Waals surface area contributed by atoms with E-state index in [-0.39, 0.29) is 42.9 Å². The highest BCUT2D eigenvalue weighted by Crippen LogP contribution is 2.44. The summed E-state index contributed by atoms with van der Waals surface area (Å²) in [5.41, 5.74) is 4.66. The van der Waals surface area contributed by atoms with Crippen molar-refractivity contribution in [2.75, 3.05) is 19.7 Å². The summed E-state index contributed by atoms with van der Waals surface area (Å²) in [5.74, 6) is -1.90. The van der Waals surface area contributed by atoms with Crippen LogP contribution in [-0.4, -0.2) is 53.7 Å². The van der Waals surface area contributed by atoms with Gasteiger partial charge in [-0.3, -0.25) is 9.59 Å². The molecule has 1 saturated heterocycles. The van der Waals surface area contributed by atoms with Gasteiger partial charge in [-0.2, -0.15) is 0 Å². The van der Waals surface area contributed by atoms with Crippen LogP contribution in [0.15, 0.2) is 60.7 Å². The van der Waals surface area contributed by atoms with Gasteiger partial charge in [-0.1, -0.05) is 67.6 Å². The Morgan fingerprint density at radius 1 is 1.00 bits per heavy atom. The van der Waals surface area contributed by atoms with E-state index in [1.165, 1.54) is 11.1 Å². The molecule has 176 valence electrons. The van der Waals surface area contributed by atoms with Crippen LogP contribution in [0.25, 0.3) is 11.1 Å². The van der Waals surface area contributed by atoms with E-state index in [0.717, 1.165) is 11.1 Å². The van der Waals surface area contributed by atoms with Crippen LogP contribution in [0.1, 0.15) is 30.4 Å². The molecular weight excluding hydrogens is 432 g/mol. The Hall–Kier alpha value is -3.61. The van der Waals surface area contributed by atoms with Gasteiger partial charge >= 0.3 is 12.1 Å². The van der Waals surface area contributed by atoms with Crippen molar-refractivity contribution in [3.63, 3.8) is 0 Å². The number of aliphatic carboxylic acids is 1. The molecule has 7 nitrogen and oxygen atoms in total.